The Hall–Kier alpha value is -0.830. The number of aromatic nitrogens is 2. The minimum atomic E-state index is 0.432. The zero-order valence-electron chi connectivity index (χ0n) is 9.57. The van der Waals surface area contributed by atoms with Crippen LogP contribution in [0.4, 0.5) is 5.82 Å². The fraction of sp³-hybridized carbons (Fsp3) is 0.636. The van der Waals surface area contributed by atoms with Gasteiger partial charge in [0.1, 0.15) is 12.1 Å². The number of alkyl halides is 1. The summed E-state index contributed by atoms with van der Waals surface area (Å²) >= 11 is 5.74. The molecule has 0 amide bonds. The van der Waals surface area contributed by atoms with Crippen molar-refractivity contribution < 1.29 is 0 Å². The molecule has 0 bridgehead atoms. The molecule has 0 fully saturated rings. The van der Waals surface area contributed by atoms with Crippen LogP contribution in [0.15, 0.2) is 12.4 Å². The number of hydrogen-bond acceptors (Lipinski definition) is 3. The molecule has 0 spiro atoms. The van der Waals surface area contributed by atoms with Gasteiger partial charge in [-0.25, -0.2) is 9.97 Å². The molecule has 0 aliphatic rings. The van der Waals surface area contributed by atoms with Crippen LogP contribution >= 0.6 is 11.6 Å². The van der Waals surface area contributed by atoms with E-state index in [-0.39, 0.29) is 0 Å². The maximum absolute atomic E-state index is 5.74. The topological polar surface area (TPSA) is 29.0 Å². The molecule has 1 rings (SSSR count). The van der Waals surface area contributed by atoms with Crippen LogP contribution in [0.3, 0.4) is 0 Å². The Balaban J connectivity index is 2.87. The molecule has 1 aromatic heterocycles. The van der Waals surface area contributed by atoms with E-state index in [2.05, 4.69) is 35.6 Å². The summed E-state index contributed by atoms with van der Waals surface area (Å²) in [5, 5.41) is 0. The summed E-state index contributed by atoms with van der Waals surface area (Å²) in [6.45, 7) is 8.10. The van der Waals surface area contributed by atoms with Crippen molar-refractivity contribution in [3.05, 3.63) is 18.1 Å². The molecule has 0 N–H and O–H groups in total. The zero-order valence-corrected chi connectivity index (χ0v) is 10.3. The van der Waals surface area contributed by atoms with Gasteiger partial charge in [-0.15, -0.1) is 11.6 Å². The normalized spacial score (nSPS) is 10.7. The van der Waals surface area contributed by atoms with Gasteiger partial charge in [-0.3, -0.25) is 0 Å². The van der Waals surface area contributed by atoms with Gasteiger partial charge in [0, 0.05) is 30.7 Å². The highest BCUT2D eigenvalue weighted by atomic mass is 35.5. The summed E-state index contributed by atoms with van der Waals surface area (Å²) in [6.07, 6.45) is 1.63. The fourth-order valence-electron chi connectivity index (χ4n) is 1.39. The summed E-state index contributed by atoms with van der Waals surface area (Å²) in [4.78, 5) is 10.7. The number of rotatable bonds is 5. The molecular formula is C11H18ClN3. The molecule has 0 atom stereocenters. The number of hydrogen-bond donors (Lipinski definition) is 0. The first-order valence-corrected chi connectivity index (χ1v) is 5.85. The van der Waals surface area contributed by atoms with Crippen LogP contribution in [-0.2, 0) is 0 Å². The van der Waals surface area contributed by atoms with Gasteiger partial charge in [-0.2, -0.15) is 0 Å². The van der Waals surface area contributed by atoms with Gasteiger partial charge in [0.05, 0.1) is 0 Å². The van der Waals surface area contributed by atoms with Crippen molar-refractivity contribution in [3.63, 3.8) is 0 Å². The Bertz CT molecular complexity index is 302. The van der Waals surface area contributed by atoms with Crippen LogP contribution in [0.5, 0.6) is 0 Å². The number of halogens is 1. The van der Waals surface area contributed by atoms with E-state index < -0.39 is 0 Å². The van der Waals surface area contributed by atoms with Gasteiger partial charge in [0.15, 0.2) is 0 Å². The SMILES string of the molecule is CCN(CCCl)c1cc(C(C)C)ncn1. The monoisotopic (exact) mass is 227 g/mol. The first-order valence-electron chi connectivity index (χ1n) is 5.31. The van der Waals surface area contributed by atoms with Gasteiger partial charge in [-0.1, -0.05) is 13.8 Å². The van der Waals surface area contributed by atoms with E-state index in [0.717, 1.165) is 24.6 Å². The smallest absolute Gasteiger partial charge is 0.132 e. The average molecular weight is 228 g/mol. The Labute approximate surface area is 96.5 Å². The van der Waals surface area contributed by atoms with Crippen molar-refractivity contribution in [3.8, 4) is 0 Å². The second kappa shape index (κ2) is 5.91. The molecule has 84 valence electrons. The lowest BCUT2D eigenvalue weighted by Gasteiger charge is -2.21. The molecule has 0 saturated heterocycles. The van der Waals surface area contributed by atoms with Crippen molar-refractivity contribution >= 4 is 17.4 Å². The minimum absolute atomic E-state index is 0.432. The first-order chi connectivity index (χ1) is 7.19. The third-order valence-corrected chi connectivity index (χ3v) is 2.49. The average Bonchev–Trinajstić information content (AvgIpc) is 2.26. The standard InChI is InChI=1S/C11H18ClN3/c1-4-15(6-5-12)11-7-10(9(2)3)13-8-14-11/h7-9H,4-6H2,1-3H3. The molecule has 0 unspecified atom stereocenters. The second-order valence-corrected chi connectivity index (χ2v) is 4.10. The number of nitrogens with zero attached hydrogens (tertiary/aromatic N) is 3. The van der Waals surface area contributed by atoms with E-state index in [1.807, 2.05) is 6.07 Å². The van der Waals surface area contributed by atoms with E-state index in [4.69, 9.17) is 11.6 Å². The molecule has 1 heterocycles. The van der Waals surface area contributed by atoms with Crippen LogP contribution in [0.25, 0.3) is 0 Å². The maximum Gasteiger partial charge on any atom is 0.132 e. The third kappa shape index (κ3) is 3.34. The zero-order chi connectivity index (χ0) is 11.3. The fourth-order valence-corrected chi connectivity index (χ4v) is 1.59. The summed E-state index contributed by atoms with van der Waals surface area (Å²) in [6, 6.07) is 2.04. The Morgan fingerprint density at radius 1 is 1.40 bits per heavy atom. The molecular weight excluding hydrogens is 210 g/mol. The quantitative estimate of drug-likeness (QED) is 0.725. The predicted octanol–water partition coefficient (Wildman–Crippen LogP) is 2.67. The van der Waals surface area contributed by atoms with Gasteiger partial charge in [-0.05, 0) is 12.8 Å². The van der Waals surface area contributed by atoms with E-state index in [1.54, 1.807) is 6.33 Å². The van der Waals surface area contributed by atoms with Crippen molar-refractivity contribution in [2.45, 2.75) is 26.7 Å². The maximum atomic E-state index is 5.74. The molecule has 0 aliphatic carbocycles. The third-order valence-electron chi connectivity index (χ3n) is 2.33. The Morgan fingerprint density at radius 2 is 2.13 bits per heavy atom. The van der Waals surface area contributed by atoms with Crippen molar-refractivity contribution in [2.75, 3.05) is 23.9 Å². The Kier molecular flexibility index (Phi) is 4.82. The van der Waals surface area contributed by atoms with Crippen molar-refractivity contribution in [1.29, 1.82) is 0 Å². The molecule has 1 aromatic rings. The van der Waals surface area contributed by atoms with E-state index in [1.165, 1.54) is 0 Å². The first kappa shape index (κ1) is 12.2. The van der Waals surface area contributed by atoms with E-state index >= 15 is 0 Å². The lowest BCUT2D eigenvalue weighted by atomic mass is 10.1. The van der Waals surface area contributed by atoms with Gasteiger partial charge in [0.25, 0.3) is 0 Å². The molecule has 0 saturated carbocycles. The minimum Gasteiger partial charge on any atom is -0.356 e. The van der Waals surface area contributed by atoms with Gasteiger partial charge < -0.3 is 4.90 Å². The lowest BCUT2D eigenvalue weighted by Crippen LogP contribution is -2.26. The highest BCUT2D eigenvalue weighted by Crippen LogP contribution is 2.16. The van der Waals surface area contributed by atoms with Crippen LogP contribution < -0.4 is 4.90 Å². The Morgan fingerprint density at radius 3 is 2.67 bits per heavy atom. The molecule has 0 radical (unpaired) electrons. The highest BCUT2D eigenvalue weighted by Gasteiger charge is 2.08. The molecule has 15 heavy (non-hydrogen) atoms. The van der Waals surface area contributed by atoms with Crippen LogP contribution in [0, 0.1) is 0 Å². The summed E-state index contributed by atoms with van der Waals surface area (Å²) < 4.78 is 0. The largest absolute Gasteiger partial charge is 0.356 e. The highest BCUT2D eigenvalue weighted by molar-refractivity contribution is 6.18. The molecule has 3 nitrogen and oxygen atoms in total. The molecule has 4 heteroatoms. The van der Waals surface area contributed by atoms with Gasteiger partial charge >= 0.3 is 0 Å². The summed E-state index contributed by atoms with van der Waals surface area (Å²) in [5.41, 5.74) is 1.08. The van der Waals surface area contributed by atoms with Crippen molar-refractivity contribution in [2.24, 2.45) is 0 Å². The molecule has 0 aromatic carbocycles. The van der Waals surface area contributed by atoms with Gasteiger partial charge in [0.2, 0.25) is 0 Å². The molecule has 0 aliphatic heterocycles. The summed E-state index contributed by atoms with van der Waals surface area (Å²) in [7, 11) is 0. The predicted molar refractivity (Wildman–Crippen MR) is 64.7 cm³/mol. The lowest BCUT2D eigenvalue weighted by molar-refractivity contribution is 0.793. The van der Waals surface area contributed by atoms with Crippen LogP contribution in [0.1, 0.15) is 32.4 Å². The second-order valence-electron chi connectivity index (χ2n) is 3.72. The number of anilines is 1. The van der Waals surface area contributed by atoms with E-state index in [9.17, 15) is 0 Å². The van der Waals surface area contributed by atoms with Crippen LogP contribution in [0.2, 0.25) is 0 Å². The van der Waals surface area contributed by atoms with Crippen LogP contribution in [-0.4, -0.2) is 28.9 Å². The summed E-state index contributed by atoms with van der Waals surface area (Å²) in [5.74, 6) is 2.02. The van der Waals surface area contributed by atoms with E-state index in [0.29, 0.717) is 11.8 Å². The van der Waals surface area contributed by atoms with Crippen molar-refractivity contribution in [1.82, 2.24) is 9.97 Å².